The third kappa shape index (κ3) is 6.06. The Kier molecular flexibility index (Phi) is 7.32. The molecule has 1 unspecified atom stereocenters. The molecule has 1 heterocycles. The molecule has 2 amide bonds. The highest BCUT2D eigenvalue weighted by atomic mass is 32.2. The van der Waals surface area contributed by atoms with Crippen LogP contribution in [-0.4, -0.2) is 16.8 Å². The smallest absolute Gasteiger partial charge is 0.244 e. The SMILES string of the molecule is O=C(Cc1ccccc1)Nc1cccc(SC(C(=O)Nc2nccs2)c2ccccc2)c1. The lowest BCUT2D eigenvalue weighted by Gasteiger charge is -2.17. The molecule has 1 aromatic heterocycles. The average Bonchev–Trinajstić information content (AvgIpc) is 3.32. The normalized spacial score (nSPS) is 11.5. The van der Waals surface area contributed by atoms with Crippen molar-refractivity contribution in [2.24, 2.45) is 0 Å². The van der Waals surface area contributed by atoms with Gasteiger partial charge >= 0.3 is 0 Å². The van der Waals surface area contributed by atoms with Crippen LogP contribution in [0.5, 0.6) is 0 Å². The highest BCUT2D eigenvalue weighted by Crippen LogP contribution is 2.37. The zero-order valence-corrected chi connectivity index (χ0v) is 18.7. The van der Waals surface area contributed by atoms with Crippen molar-refractivity contribution in [3.8, 4) is 0 Å². The fourth-order valence-corrected chi connectivity index (χ4v) is 4.74. The Balaban J connectivity index is 1.48. The molecular weight excluding hydrogens is 438 g/mol. The monoisotopic (exact) mass is 459 g/mol. The van der Waals surface area contributed by atoms with Gasteiger partial charge in [-0.15, -0.1) is 23.1 Å². The van der Waals surface area contributed by atoms with E-state index in [9.17, 15) is 9.59 Å². The molecule has 0 aliphatic rings. The summed E-state index contributed by atoms with van der Waals surface area (Å²) in [5, 5.41) is 7.77. The van der Waals surface area contributed by atoms with Crippen LogP contribution in [-0.2, 0) is 16.0 Å². The number of nitrogens with one attached hydrogen (secondary N) is 2. The lowest BCUT2D eigenvalue weighted by molar-refractivity contribution is -0.116. The maximum Gasteiger partial charge on any atom is 0.244 e. The van der Waals surface area contributed by atoms with Crippen LogP contribution >= 0.6 is 23.1 Å². The Hall–Kier alpha value is -3.42. The maximum atomic E-state index is 13.0. The molecule has 32 heavy (non-hydrogen) atoms. The number of hydrogen-bond donors (Lipinski definition) is 2. The molecule has 0 saturated heterocycles. The summed E-state index contributed by atoms with van der Waals surface area (Å²) in [6.45, 7) is 0. The van der Waals surface area contributed by atoms with Crippen LogP contribution in [0.4, 0.5) is 10.8 Å². The zero-order chi connectivity index (χ0) is 22.2. The molecular formula is C25H21N3O2S2. The van der Waals surface area contributed by atoms with E-state index in [0.29, 0.717) is 17.2 Å². The Bertz CT molecular complexity index is 1170. The molecule has 1 atom stereocenters. The van der Waals surface area contributed by atoms with Crippen LogP contribution in [0.25, 0.3) is 0 Å². The predicted molar refractivity (Wildman–Crippen MR) is 131 cm³/mol. The van der Waals surface area contributed by atoms with Gasteiger partial charge < -0.3 is 10.6 Å². The van der Waals surface area contributed by atoms with Gasteiger partial charge in [0.15, 0.2) is 5.13 Å². The Morgan fingerprint density at radius 3 is 2.38 bits per heavy atom. The third-order valence-electron chi connectivity index (χ3n) is 4.58. The topological polar surface area (TPSA) is 71.1 Å². The second kappa shape index (κ2) is 10.7. The van der Waals surface area contributed by atoms with E-state index in [1.165, 1.54) is 23.1 Å². The van der Waals surface area contributed by atoms with Crippen molar-refractivity contribution in [3.05, 3.63) is 108 Å². The van der Waals surface area contributed by atoms with Crippen LogP contribution in [0.3, 0.4) is 0 Å². The second-order valence-corrected chi connectivity index (χ2v) is 9.05. The first-order chi connectivity index (χ1) is 15.7. The molecule has 0 bridgehead atoms. The summed E-state index contributed by atoms with van der Waals surface area (Å²) in [7, 11) is 0. The number of nitrogens with zero attached hydrogens (tertiary/aromatic N) is 1. The fourth-order valence-electron chi connectivity index (χ4n) is 3.13. The molecule has 4 aromatic rings. The third-order valence-corrected chi connectivity index (χ3v) is 6.52. The molecule has 0 fully saturated rings. The van der Waals surface area contributed by atoms with Crippen molar-refractivity contribution >= 4 is 45.7 Å². The van der Waals surface area contributed by atoms with E-state index < -0.39 is 5.25 Å². The van der Waals surface area contributed by atoms with Gasteiger partial charge in [0.2, 0.25) is 11.8 Å². The van der Waals surface area contributed by atoms with Gasteiger partial charge in [0.1, 0.15) is 5.25 Å². The maximum absolute atomic E-state index is 13.0. The minimum absolute atomic E-state index is 0.0838. The summed E-state index contributed by atoms with van der Waals surface area (Å²) in [5.41, 5.74) is 2.55. The minimum Gasteiger partial charge on any atom is -0.326 e. The number of thioether (sulfide) groups is 1. The van der Waals surface area contributed by atoms with Crippen molar-refractivity contribution in [3.63, 3.8) is 0 Å². The van der Waals surface area contributed by atoms with Gasteiger partial charge in [-0.3, -0.25) is 9.59 Å². The van der Waals surface area contributed by atoms with Crippen LogP contribution in [0.15, 0.2) is 101 Å². The van der Waals surface area contributed by atoms with E-state index in [-0.39, 0.29) is 11.8 Å². The van der Waals surface area contributed by atoms with E-state index in [1.807, 2.05) is 90.3 Å². The number of rotatable bonds is 8. The highest BCUT2D eigenvalue weighted by Gasteiger charge is 2.23. The Labute approximate surface area is 194 Å². The number of anilines is 2. The van der Waals surface area contributed by atoms with E-state index in [1.54, 1.807) is 6.20 Å². The van der Waals surface area contributed by atoms with Crippen molar-refractivity contribution in [1.29, 1.82) is 0 Å². The molecule has 7 heteroatoms. The van der Waals surface area contributed by atoms with Crippen LogP contribution < -0.4 is 10.6 Å². The lowest BCUT2D eigenvalue weighted by Crippen LogP contribution is -2.19. The number of amides is 2. The van der Waals surface area contributed by atoms with Gasteiger partial charge in [0.25, 0.3) is 0 Å². The summed E-state index contributed by atoms with van der Waals surface area (Å²) in [4.78, 5) is 30.5. The van der Waals surface area contributed by atoms with Gasteiger partial charge in [-0.2, -0.15) is 0 Å². The molecule has 160 valence electrons. The first-order valence-electron chi connectivity index (χ1n) is 10.0. The average molecular weight is 460 g/mol. The number of hydrogen-bond acceptors (Lipinski definition) is 5. The molecule has 0 saturated carbocycles. The van der Waals surface area contributed by atoms with Crippen LogP contribution in [0.2, 0.25) is 0 Å². The summed E-state index contributed by atoms with van der Waals surface area (Å²) < 4.78 is 0. The predicted octanol–water partition coefficient (Wildman–Crippen LogP) is 5.80. The van der Waals surface area contributed by atoms with Crippen molar-refractivity contribution < 1.29 is 9.59 Å². The number of thiazole rings is 1. The molecule has 4 rings (SSSR count). The fraction of sp³-hybridized carbons (Fsp3) is 0.0800. The van der Waals surface area contributed by atoms with Gasteiger partial charge in [0, 0.05) is 22.2 Å². The van der Waals surface area contributed by atoms with Gasteiger partial charge in [-0.05, 0) is 29.3 Å². The largest absolute Gasteiger partial charge is 0.326 e. The van der Waals surface area contributed by atoms with Gasteiger partial charge in [0.05, 0.1) is 6.42 Å². The standard InChI is InChI=1S/C25H21N3O2S2/c29-22(16-18-8-3-1-4-9-18)27-20-12-7-13-21(17-20)32-23(19-10-5-2-6-11-19)24(30)28-25-26-14-15-31-25/h1-15,17,23H,16H2,(H,27,29)(H,26,28,30). The molecule has 0 spiro atoms. The van der Waals surface area contributed by atoms with Gasteiger partial charge in [-0.1, -0.05) is 66.7 Å². The molecule has 5 nitrogen and oxygen atoms in total. The molecule has 2 N–H and O–H groups in total. The van der Waals surface area contributed by atoms with E-state index >= 15 is 0 Å². The number of benzene rings is 3. The summed E-state index contributed by atoms with van der Waals surface area (Å²) in [6, 6.07) is 26.8. The van der Waals surface area contributed by atoms with E-state index in [2.05, 4.69) is 15.6 Å². The number of aromatic nitrogens is 1. The Morgan fingerprint density at radius 2 is 1.66 bits per heavy atom. The molecule has 0 aliphatic carbocycles. The van der Waals surface area contributed by atoms with Crippen LogP contribution in [0.1, 0.15) is 16.4 Å². The first-order valence-corrected chi connectivity index (χ1v) is 11.8. The lowest BCUT2D eigenvalue weighted by atomic mass is 10.1. The zero-order valence-electron chi connectivity index (χ0n) is 17.1. The summed E-state index contributed by atoms with van der Waals surface area (Å²) in [6.07, 6.45) is 1.97. The molecule has 3 aromatic carbocycles. The van der Waals surface area contributed by atoms with Crippen molar-refractivity contribution in [2.45, 2.75) is 16.6 Å². The first kappa shape index (κ1) is 21.8. The number of carbonyl (C=O) groups excluding carboxylic acids is 2. The minimum atomic E-state index is -0.463. The Morgan fingerprint density at radius 1 is 0.906 bits per heavy atom. The quantitative estimate of drug-likeness (QED) is 0.327. The highest BCUT2D eigenvalue weighted by molar-refractivity contribution is 8.00. The molecule has 0 radical (unpaired) electrons. The van der Waals surface area contributed by atoms with E-state index in [4.69, 9.17) is 0 Å². The second-order valence-electron chi connectivity index (χ2n) is 6.97. The number of carbonyl (C=O) groups is 2. The van der Waals surface area contributed by atoms with E-state index in [0.717, 1.165) is 16.0 Å². The molecule has 0 aliphatic heterocycles. The summed E-state index contributed by atoms with van der Waals surface area (Å²) in [5.74, 6) is -0.228. The van der Waals surface area contributed by atoms with Crippen molar-refractivity contribution in [1.82, 2.24) is 4.98 Å². The van der Waals surface area contributed by atoms with Crippen LogP contribution in [0, 0.1) is 0 Å². The van der Waals surface area contributed by atoms with Crippen molar-refractivity contribution in [2.75, 3.05) is 10.6 Å². The van der Waals surface area contributed by atoms with Gasteiger partial charge in [-0.25, -0.2) is 4.98 Å². The summed E-state index contributed by atoms with van der Waals surface area (Å²) >= 11 is 2.81.